The number of phosphoric ester groups is 1. The highest BCUT2D eigenvalue weighted by Gasteiger charge is 2.17. The summed E-state index contributed by atoms with van der Waals surface area (Å²) in [4.78, 5) is 31.4. The summed E-state index contributed by atoms with van der Waals surface area (Å²) in [6, 6.07) is 0. The molecule has 0 amide bonds. The number of rotatable bonds is 4. The van der Waals surface area contributed by atoms with Crippen molar-refractivity contribution in [3.63, 3.8) is 0 Å². The van der Waals surface area contributed by atoms with E-state index in [9.17, 15) is 14.5 Å². The first-order chi connectivity index (χ1) is 7.35. The molecule has 0 fully saturated rings. The predicted octanol–water partition coefficient (Wildman–Crippen LogP) is 0.939. The largest absolute Gasteiger partial charge is 0.505 e. The molecule has 0 aromatic carbocycles. The Kier molecular flexibility index (Phi) is 5.74. The molecule has 0 atom stereocenters. The number of carbonyl (C=O) groups excluding carboxylic acids is 1. The van der Waals surface area contributed by atoms with Crippen LogP contribution in [0.4, 0.5) is 0 Å². The molecule has 17 heavy (non-hydrogen) atoms. The number of carbonyl (C=O) groups is 1. The Morgan fingerprint density at radius 1 is 1.53 bits per heavy atom. The van der Waals surface area contributed by atoms with E-state index < -0.39 is 14.4 Å². The first kappa shape index (κ1) is 16.0. The van der Waals surface area contributed by atoms with Crippen molar-refractivity contribution >= 4 is 26.5 Å². The molecule has 0 spiro atoms. The quantitative estimate of drug-likeness (QED) is 0.556. The zero-order valence-electron chi connectivity index (χ0n) is 8.73. The zero-order valence-corrected chi connectivity index (χ0v) is 10.4. The maximum atomic E-state index is 10.7. The van der Waals surface area contributed by atoms with Gasteiger partial charge in [0.25, 0.3) is 0 Å². The van der Waals surface area contributed by atoms with E-state index in [4.69, 9.17) is 9.79 Å². The van der Waals surface area contributed by atoms with Gasteiger partial charge in [0.05, 0.1) is 17.9 Å². The number of aryl methyl sites for hydroxylation is 1. The van der Waals surface area contributed by atoms with E-state index in [0.29, 0.717) is 6.29 Å². The van der Waals surface area contributed by atoms with Crippen LogP contribution in [0.25, 0.3) is 0 Å². The van der Waals surface area contributed by atoms with Gasteiger partial charge in [0.15, 0.2) is 6.29 Å². The highest BCUT2D eigenvalue weighted by atomic mass is 35.5. The van der Waals surface area contributed by atoms with E-state index >= 15 is 0 Å². The van der Waals surface area contributed by atoms with Crippen molar-refractivity contribution in [2.45, 2.75) is 13.5 Å². The molecular formula is C8H11ClNO6P. The number of hydrogen-bond acceptors (Lipinski definition) is 5. The Morgan fingerprint density at radius 2 is 2.12 bits per heavy atom. The minimum Gasteiger partial charge on any atom is -0.505 e. The summed E-state index contributed by atoms with van der Waals surface area (Å²) in [5.74, 6) is -0.318. The van der Waals surface area contributed by atoms with Crippen molar-refractivity contribution in [1.82, 2.24) is 4.98 Å². The predicted molar refractivity (Wildman–Crippen MR) is 60.1 cm³/mol. The molecule has 0 radical (unpaired) electrons. The second kappa shape index (κ2) is 6.09. The first-order valence-electron chi connectivity index (χ1n) is 4.18. The molecule has 9 heteroatoms. The molecule has 0 aliphatic carbocycles. The van der Waals surface area contributed by atoms with Crippen LogP contribution >= 0.6 is 20.2 Å². The highest BCUT2D eigenvalue weighted by molar-refractivity contribution is 7.46. The maximum Gasteiger partial charge on any atom is 0.469 e. The van der Waals surface area contributed by atoms with Crippen LogP contribution in [0.3, 0.4) is 0 Å². The van der Waals surface area contributed by atoms with Gasteiger partial charge in [-0.3, -0.25) is 14.3 Å². The Bertz CT molecular complexity index is 460. The maximum absolute atomic E-state index is 10.7. The van der Waals surface area contributed by atoms with Crippen LogP contribution in [-0.4, -0.2) is 26.2 Å². The fourth-order valence-electron chi connectivity index (χ4n) is 1.05. The topological polar surface area (TPSA) is 117 Å². The summed E-state index contributed by atoms with van der Waals surface area (Å²) in [5, 5.41) is 9.46. The molecule has 1 aromatic heterocycles. The number of pyridine rings is 1. The third-order valence-electron chi connectivity index (χ3n) is 1.86. The summed E-state index contributed by atoms with van der Waals surface area (Å²) in [5.41, 5.74) is 0.282. The summed E-state index contributed by atoms with van der Waals surface area (Å²) < 4.78 is 14.7. The lowest BCUT2D eigenvalue weighted by Gasteiger charge is -2.09. The average molecular weight is 284 g/mol. The third kappa shape index (κ3) is 4.41. The van der Waals surface area contributed by atoms with Gasteiger partial charge in [0.2, 0.25) is 0 Å². The van der Waals surface area contributed by atoms with Gasteiger partial charge >= 0.3 is 7.82 Å². The Morgan fingerprint density at radius 3 is 2.59 bits per heavy atom. The number of aldehydes is 1. The number of nitrogens with zero attached hydrogens (tertiary/aromatic N) is 1. The molecular weight excluding hydrogens is 273 g/mol. The normalized spacial score (nSPS) is 10.8. The second-order valence-electron chi connectivity index (χ2n) is 3.01. The van der Waals surface area contributed by atoms with Gasteiger partial charge in [-0.05, 0) is 6.92 Å². The van der Waals surface area contributed by atoms with Crippen molar-refractivity contribution in [2.24, 2.45) is 0 Å². The van der Waals surface area contributed by atoms with Crippen molar-refractivity contribution in [3.05, 3.63) is 23.0 Å². The van der Waals surface area contributed by atoms with Crippen molar-refractivity contribution in [3.8, 4) is 5.75 Å². The Labute approximate surface area is 103 Å². The molecule has 1 aromatic rings. The third-order valence-corrected chi connectivity index (χ3v) is 2.33. The van der Waals surface area contributed by atoms with Crippen LogP contribution in [0.1, 0.15) is 21.6 Å². The molecule has 3 N–H and O–H groups in total. The van der Waals surface area contributed by atoms with Gasteiger partial charge in [-0.1, -0.05) is 0 Å². The van der Waals surface area contributed by atoms with E-state index in [-0.39, 0.29) is 35.0 Å². The van der Waals surface area contributed by atoms with E-state index in [1.165, 1.54) is 13.1 Å². The van der Waals surface area contributed by atoms with E-state index in [1.807, 2.05) is 0 Å². The van der Waals surface area contributed by atoms with Crippen molar-refractivity contribution in [2.75, 3.05) is 0 Å². The lowest BCUT2D eigenvalue weighted by molar-refractivity contribution is 0.111. The van der Waals surface area contributed by atoms with Gasteiger partial charge in [-0.15, -0.1) is 12.4 Å². The minimum absolute atomic E-state index is 0. The second-order valence-corrected chi connectivity index (χ2v) is 4.25. The van der Waals surface area contributed by atoms with Crippen LogP contribution in [0.2, 0.25) is 0 Å². The summed E-state index contributed by atoms with van der Waals surface area (Å²) >= 11 is 0. The summed E-state index contributed by atoms with van der Waals surface area (Å²) in [7, 11) is -4.61. The van der Waals surface area contributed by atoms with Crippen LogP contribution in [-0.2, 0) is 15.7 Å². The molecule has 0 bridgehead atoms. The van der Waals surface area contributed by atoms with Gasteiger partial charge in [0, 0.05) is 11.8 Å². The molecule has 0 aliphatic heterocycles. The number of aromatic hydroxyl groups is 1. The fourth-order valence-corrected chi connectivity index (χ4v) is 1.36. The SMILES string of the molecule is Cc1ncc(COP(=O)(O)O)c(C=O)c1O.Cl. The molecule has 0 saturated heterocycles. The lowest BCUT2D eigenvalue weighted by atomic mass is 10.1. The first-order valence-corrected chi connectivity index (χ1v) is 5.71. The van der Waals surface area contributed by atoms with Gasteiger partial charge < -0.3 is 14.9 Å². The lowest BCUT2D eigenvalue weighted by Crippen LogP contribution is -1.99. The summed E-state index contributed by atoms with van der Waals surface area (Å²) in [6.45, 7) is 0.995. The average Bonchev–Trinajstić information content (AvgIpc) is 2.18. The molecule has 1 rings (SSSR count). The standard InChI is InChI=1S/C8H10NO6P.ClH/c1-5-8(11)7(3-10)6(2-9-5)4-15-16(12,13)14;/h2-3,11H,4H2,1H3,(H2,12,13,14);1H. The molecule has 0 aliphatic rings. The number of hydrogen-bond donors (Lipinski definition) is 3. The highest BCUT2D eigenvalue weighted by Crippen LogP contribution is 2.37. The molecule has 1 heterocycles. The molecule has 7 nitrogen and oxygen atoms in total. The Hall–Kier alpha value is -0.980. The molecule has 0 unspecified atom stereocenters. The smallest absolute Gasteiger partial charge is 0.469 e. The monoisotopic (exact) mass is 283 g/mol. The van der Waals surface area contributed by atoms with E-state index in [0.717, 1.165) is 0 Å². The van der Waals surface area contributed by atoms with Crippen LogP contribution in [0.15, 0.2) is 6.20 Å². The zero-order chi connectivity index (χ0) is 12.3. The van der Waals surface area contributed by atoms with Crippen molar-refractivity contribution in [1.29, 1.82) is 0 Å². The molecule has 0 saturated carbocycles. The van der Waals surface area contributed by atoms with E-state index in [2.05, 4.69) is 9.51 Å². The Balaban J connectivity index is 0.00000256. The van der Waals surface area contributed by atoms with Gasteiger partial charge in [0.1, 0.15) is 5.75 Å². The van der Waals surface area contributed by atoms with Gasteiger partial charge in [-0.2, -0.15) is 0 Å². The number of aromatic nitrogens is 1. The van der Waals surface area contributed by atoms with Gasteiger partial charge in [-0.25, -0.2) is 4.57 Å². The number of phosphoric acid groups is 1. The van der Waals surface area contributed by atoms with Crippen LogP contribution in [0.5, 0.6) is 5.75 Å². The minimum atomic E-state index is -4.61. The summed E-state index contributed by atoms with van der Waals surface area (Å²) in [6.07, 6.45) is 1.59. The van der Waals surface area contributed by atoms with Crippen LogP contribution < -0.4 is 0 Å². The van der Waals surface area contributed by atoms with E-state index in [1.54, 1.807) is 0 Å². The van der Waals surface area contributed by atoms with Crippen LogP contribution in [0, 0.1) is 6.92 Å². The fraction of sp³-hybridized carbons (Fsp3) is 0.250. The van der Waals surface area contributed by atoms with Crippen molar-refractivity contribution < 1.29 is 28.8 Å². The number of halogens is 1. The molecule has 96 valence electrons.